The molecule has 3 nitrogen and oxygen atoms in total. The van der Waals surface area contributed by atoms with Crippen molar-refractivity contribution in [3.8, 4) is 0 Å². The van der Waals surface area contributed by atoms with Gasteiger partial charge in [-0.15, -0.1) is 11.3 Å². The van der Waals surface area contributed by atoms with Crippen LogP contribution in [0.2, 0.25) is 0 Å². The molecule has 1 saturated carbocycles. The number of hydrogen-bond acceptors (Lipinski definition) is 3. The fraction of sp³-hybridized carbons (Fsp3) is 0.222. The highest BCUT2D eigenvalue weighted by molar-refractivity contribution is 7.18. The van der Waals surface area contributed by atoms with Crippen molar-refractivity contribution in [2.75, 3.05) is 0 Å². The molecule has 1 amide bonds. The van der Waals surface area contributed by atoms with Gasteiger partial charge in [-0.2, -0.15) is 0 Å². The smallest absolute Gasteiger partial charge is 0.231 e. The third kappa shape index (κ3) is 2.29. The summed E-state index contributed by atoms with van der Waals surface area (Å²) in [5.74, 6) is 0.123. The van der Waals surface area contributed by atoms with Crippen LogP contribution in [0.3, 0.4) is 0 Å². The number of thiazole rings is 1. The highest BCUT2D eigenvalue weighted by Gasteiger charge is 2.50. The molecule has 1 aliphatic rings. The number of hydrogen-bond donors (Lipinski definition) is 1. The van der Waals surface area contributed by atoms with E-state index in [4.69, 9.17) is 0 Å². The lowest BCUT2D eigenvalue weighted by molar-refractivity contribution is -0.123. The number of nitrogens with zero attached hydrogens (tertiary/aromatic N) is 1. The second-order valence-corrected chi connectivity index (χ2v) is 6.82. The molecule has 110 valence electrons. The largest absolute Gasteiger partial charge is 0.349 e. The van der Waals surface area contributed by atoms with Crippen molar-refractivity contribution in [1.82, 2.24) is 10.3 Å². The molecule has 22 heavy (non-hydrogen) atoms. The minimum atomic E-state index is -0.308. The van der Waals surface area contributed by atoms with Gasteiger partial charge in [-0.3, -0.25) is 4.79 Å². The molecule has 1 aromatic heterocycles. The van der Waals surface area contributed by atoms with E-state index in [1.165, 1.54) is 0 Å². The number of amides is 1. The topological polar surface area (TPSA) is 42.0 Å². The molecular weight excluding hydrogens is 292 g/mol. The predicted octanol–water partition coefficient (Wildman–Crippen LogP) is 3.64. The van der Waals surface area contributed by atoms with Crippen LogP contribution in [0.15, 0.2) is 54.6 Å². The number of carbonyl (C=O) groups is 1. The molecule has 1 fully saturated rings. The van der Waals surface area contributed by atoms with E-state index < -0.39 is 0 Å². The zero-order valence-electron chi connectivity index (χ0n) is 12.1. The maximum absolute atomic E-state index is 12.6. The van der Waals surface area contributed by atoms with Crippen molar-refractivity contribution in [2.24, 2.45) is 0 Å². The number of para-hydroxylation sites is 1. The highest BCUT2D eigenvalue weighted by Crippen LogP contribution is 2.48. The molecule has 0 saturated heterocycles. The predicted molar refractivity (Wildman–Crippen MR) is 88.8 cm³/mol. The average molecular weight is 308 g/mol. The summed E-state index contributed by atoms with van der Waals surface area (Å²) in [7, 11) is 0. The van der Waals surface area contributed by atoms with Gasteiger partial charge in [0, 0.05) is 0 Å². The lowest BCUT2D eigenvalue weighted by atomic mass is 9.95. The number of rotatable bonds is 4. The van der Waals surface area contributed by atoms with Crippen LogP contribution >= 0.6 is 11.3 Å². The maximum Gasteiger partial charge on any atom is 0.231 e. The zero-order chi connectivity index (χ0) is 15.0. The molecule has 3 aromatic rings. The first-order valence-corrected chi connectivity index (χ1v) is 8.28. The first-order chi connectivity index (χ1) is 10.8. The van der Waals surface area contributed by atoms with Gasteiger partial charge in [-0.25, -0.2) is 4.98 Å². The van der Waals surface area contributed by atoms with Gasteiger partial charge < -0.3 is 5.32 Å². The molecule has 0 bridgehead atoms. The molecule has 0 radical (unpaired) electrons. The van der Waals surface area contributed by atoms with E-state index in [0.29, 0.717) is 6.54 Å². The number of nitrogens with one attached hydrogen (secondary N) is 1. The van der Waals surface area contributed by atoms with E-state index in [9.17, 15) is 4.79 Å². The van der Waals surface area contributed by atoms with E-state index in [2.05, 4.69) is 16.4 Å². The molecule has 0 spiro atoms. The second-order valence-electron chi connectivity index (χ2n) is 5.71. The number of fused-ring (bicyclic) bond motifs is 1. The van der Waals surface area contributed by atoms with Gasteiger partial charge >= 0.3 is 0 Å². The first kappa shape index (κ1) is 13.5. The van der Waals surface area contributed by atoms with Crippen LogP contribution in [0.4, 0.5) is 0 Å². The van der Waals surface area contributed by atoms with Crippen molar-refractivity contribution >= 4 is 27.5 Å². The molecule has 1 heterocycles. The van der Waals surface area contributed by atoms with E-state index in [0.717, 1.165) is 33.6 Å². The van der Waals surface area contributed by atoms with E-state index in [1.54, 1.807) is 11.3 Å². The quantitative estimate of drug-likeness (QED) is 0.799. The van der Waals surface area contributed by atoms with Crippen molar-refractivity contribution in [3.63, 3.8) is 0 Å². The van der Waals surface area contributed by atoms with Gasteiger partial charge in [-0.1, -0.05) is 42.5 Å². The zero-order valence-corrected chi connectivity index (χ0v) is 12.9. The SMILES string of the molecule is O=C(NCc1nc2ccccc2s1)C1(c2ccccc2)CC1. The Labute approximate surface area is 133 Å². The molecule has 0 atom stereocenters. The van der Waals surface area contributed by atoms with Gasteiger partial charge in [0.1, 0.15) is 5.01 Å². The van der Waals surface area contributed by atoms with Crippen molar-refractivity contribution < 1.29 is 4.79 Å². The summed E-state index contributed by atoms with van der Waals surface area (Å²) in [6.07, 6.45) is 1.87. The van der Waals surface area contributed by atoms with E-state index in [-0.39, 0.29) is 11.3 Å². The van der Waals surface area contributed by atoms with Crippen molar-refractivity contribution in [1.29, 1.82) is 0 Å². The maximum atomic E-state index is 12.6. The molecular formula is C18H16N2OS. The lowest BCUT2D eigenvalue weighted by Crippen LogP contribution is -2.34. The minimum Gasteiger partial charge on any atom is -0.349 e. The molecule has 4 heteroatoms. The summed E-state index contributed by atoms with van der Waals surface area (Å²) < 4.78 is 1.16. The molecule has 0 aliphatic heterocycles. The van der Waals surface area contributed by atoms with E-state index in [1.807, 2.05) is 48.5 Å². The first-order valence-electron chi connectivity index (χ1n) is 7.46. The van der Waals surface area contributed by atoms with Gasteiger partial charge in [0.05, 0.1) is 22.2 Å². The molecule has 1 N–H and O–H groups in total. The Hall–Kier alpha value is -2.20. The van der Waals surface area contributed by atoms with Crippen LogP contribution in [0, 0.1) is 0 Å². The van der Waals surface area contributed by atoms with Gasteiger partial charge in [-0.05, 0) is 30.5 Å². The van der Waals surface area contributed by atoms with Gasteiger partial charge in [0.15, 0.2) is 0 Å². The number of benzene rings is 2. The Morgan fingerprint density at radius 1 is 1.09 bits per heavy atom. The summed E-state index contributed by atoms with van der Waals surface area (Å²) in [5, 5.41) is 4.03. The van der Waals surface area contributed by atoms with Crippen LogP contribution in [-0.4, -0.2) is 10.9 Å². The standard InChI is InChI=1S/C18H16N2OS/c21-17(18(10-11-18)13-6-2-1-3-7-13)19-12-16-20-14-8-4-5-9-15(14)22-16/h1-9H,10-12H2,(H,19,21). The van der Waals surface area contributed by atoms with Crippen molar-refractivity contribution in [2.45, 2.75) is 24.8 Å². The third-order valence-corrected chi connectivity index (χ3v) is 5.29. The Kier molecular flexibility index (Phi) is 3.19. The van der Waals surface area contributed by atoms with E-state index >= 15 is 0 Å². The fourth-order valence-corrected chi connectivity index (χ4v) is 3.76. The van der Waals surface area contributed by atoms with Gasteiger partial charge in [0.25, 0.3) is 0 Å². The third-order valence-electron chi connectivity index (χ3n) is 4.25. The summed E-state index contributed by atoms with van der Waals surface area (Å²) >= 11 is 1.64. The molecule has 4 rings (SSSR count). The van der Waals surface area contributed by atoms with Crippen LogP contribution < -0.4 is 5.32 Å². The normalized spacial score (nSPS) is 15.6. The average Bonchev–Trinajstić information content (AvgIpc) is 3.27. The second kappa shape index (κ2) is 5.21. The minimum absolute atomic E-state index is 0.123. The number of carbonyl (C=O) groups excluding carboxylic acids is 1. The number of aromatic nitrogens is 1. The lowest BCUT2D eigenvalue weighted by Gasteiger charge is -2.15. The Bertz CT molecular complexity index is 788. The van der Waals surface area contributed by atoms with Crippen LogP contribution in [0.5, 0.6) is 0 Å². The summed E-state index contributed by atoms with van der Waals surface area (Å²) in [6, 6.07) is 18.1. The monoisotopic (exact) mass is 308 g/mol. The summed E-state index contributed by atoms with van der Waals surface area (Å²) in [4.78, 5) is 17.1. The van der Waals surface area contributed by atoms with Gasteiger partial charge in [0.2, 0.25) is 5.91 Å². The van der Waals surface area contributed by atoms with Crippen LogP contribution in [-0.2, 0) is 16.8 Å². The van der Waals surface area contributed by atoms with Crippen LogP contribution in [0.1, 0.15) is 23.4 Å². The Morgan fingerprint density at radius 2 is 1.82 bits per heavy atom. The van der Waals surface area contributed by atoms with Crippen molar-refractivity contribution in [3.05, 3.63) is 65.2 Å². The molecule has 1 aliphatic carbocycles. The fourth-order valence-electron chi connectivity index (χ4n) is 2.85. The molecule has 0 unspecified atom stereocenters. The molecule has 2 aromatic carbocycles. The van der Waals surface area contributed by atoms with Crippen LogP contribution in [0.25, 0.3) is 10.2 Å². The Morgan fingerprint density at radius 3 is 2.55 bits per heavy atom. The summed E-state index contributed by atoms with van der Waals surface area (Å²) in [5.41, 5.74) is 1.82. The summed E-state index contributed by atoms with van der Waals surface area (Å²) in [6.45, 7) is 0.507. The Balaban J connectivity index is 1.48. The highest BCUT2D eigenvalue weighted by atomic mass is 32.1.